The third-order valence-corrected chi connectivity index (χ3v) is 4.52. The van der Waals surface area contributed by atoms with Crippen molar-refractivity contribution in [1.29, 1.82) is 0 Å². The molecule has 4 nitrogen and oxygen atoms in total. The zero-order valence-corrected chi connectivity index (χ0v) is 14.6. The minimum atomic E-state index is -0.334. The number of unbranched alkanes of at least 4 members (excludes halogenated alkanes) is 3. The van der Waals surface area contributed by atoms with Crippen LogP contribution in [0.15, 0.2) is 6.07 Å². The fraction of sp³-hybridized carbons (Fsp3) is 0.600. The molecular weight excluding hydrogens is 304 g/mol. The summed E-state index contributed by atoms with van der Waals surface area (Å²) in [4.78, 5) is 12.9. The van der Waals surface area contributed by atoms with Crippen molar-refractivity contribution < 1.29 is 9.53 Å². The van der Waals surface area contributed by atoms with Crippen LogP contribution in [0.4, 0.5) is 5.00 Å². The summed E-state index contributed by atoms with van der Waals surface area (Å²) in [5.74, 6) is -0.334. The number of carbonyl (C=O) groups excluding carboxylic acids is 1. The quantitative estimate of drug-likeness (QED) is 0.430. The van der Waals surface area contributed by atoms with E-state index in [0.29, 0.717) is 10.7 Å². The first-order chi connectivity index (χ1) is 10.1. The Labute approximate surface area is 136 Å². The Bertz CT molecular complexity index is 472. The molecule has 1 rings (SSSR count). The van der Waals surface area contributed by atoms with Gasteiger partial charge in [-0.1, -0.05) is 33.1 Å². The van der Waals surface area contributed by atoms with Crippen LogP contribution in [0.3, 0.4) is 0 Å². The van der Waals surface area contributed by atoms with E-state index in [1.54, 1.807) is 0 Å². The van der Waals surface area contributed by atoms with Crippen molar-refractivity contribution in [2.24, 2.45) is 0 Å². The smallest absolute Gasteiger partial charge is 0.340 e. The maximum Gasteiger partial charge on any atom is 0.340 e. The second-order valence-electron chi connectivity index (χ2n) is 4.74. The highest BCUT2D eigenvalue weighted by atomic mass is 32.1. The minimum Gasteiger partial charge on any atom is -0.465 e. The van der Waals surface area contributed by atoms with E-state index in [1.165, 1.54) is 37.7 Å². The second-order valence-corrected chi connectivity index (χ2v) is 6.29. The number of thiophene rings is 1. The molecule has 0 bridgehead atoms. The molecule has 0 aliphatic carbocycles. The number of nitrogens with one attached hydrogen (secondary N) is 2. The molecule has 0 saturated heterocycles. The zero-order valence-electron chi connectivity index (χ0n) is 13.0. The van der Waals surface area contributed by atoms with Gasteiger partial charge in [-0.25, -0.2) is 4.79 Å². The van der Waals surface area contributed by atoms with Crippen molar-refractivity contribution in [2.75, 3.05) is 19.0 Å². The van der Waals surface area contributed by atoms with E-state index in [1.807, 2.05) is 6.07 Å². The van der Waals surface area contributed by atoms with E-state index >= 15 is 0 Å². The molecule has 0 aromatic carbocycles. The SMILES string of the molecule is CCCCCCNC(=S)Nc1sc(CC)cc1C(=O)OC. The predicted octanol–water partition coefficient (Wildman–Crippen LogP) is 3.96. The largest absolute Gasteiger partial charge is 0.465 e. The van der Waals surface area contributed by atoms with Gasteiger partial charge in [-0.3, -0.25) is 0 Å². The van der Waals surface area contributed by atoms with Crippen LogP contribution in [0.1, 0.15) is 54.8 Å². The minimum absolute atomic E-state index is 0.334. The summed E-state index contributed by atoms with van der Waals surface area (Å²) in [6.45, 7) is 5.10. The molecule has 0 aliphatic heterocycles. The first-order valence-corrected chi connectivity index (χ1v) is 8.60. The monoisotopic (exact) mass is 328 g/mol. The Balaban J connectivity index is 2.54. The average molecular weight is 329 g/mol. The van der Waals surface area contributed by atoms with Crippen LogP contribution in [-0.2, 0) is 11.2 Å². The molecule has 1 heterocycles. The molecule has 2 N–H and O–H groups in total. The zero-order chi connectivity index (χ0) is 15.7. The summed E-state index contributed by atoms with van der Waals surface area (Å²) in [7, 11) is 1.39. The number of rotatable bonds is 8. The number of methoxy groups -OCH3 is 1. The molecule has 0 fully saturated rings. The standard InChI is InChI=1S/C15H24N2O2S2/c1-4-6-7-8-9-16-15(20)17-13-12(14(18)19-3)10-11(5-2)21-13/h10H,4-9H2,1-3H3,(H2,16,17,20). The van der Waals surface area contributed by atoms with E-state index in [4.69, 9.17) is 17.0 Å². The number of esters is 1. The van der Waals surface area contributed by atoms with Gasteiger partial charge in [0.1, 0.15) is 5.00 Å². The molecule has 1 aromatic rings. The maximum atomic E-state index is 11.8. The van der Waals surface area contributed by atoms with Gasteiger partial charge in [-0.15, -0.1) is 11.3 Å². The van der Waals surface area contributed by atoms with Crippen molar-refractivity contribution in [3.05, 3.63) is 16.5 Å². The number of thiocarbonyl (C=S) groups is 1. The van der Waals surface area contributed by atoms with E-state index in [9.17, 15) is 4.79 Å². The summed E-state index contributed by atoms with van der Waals surface area (Å²) in [6.07, 6.45) is 5.66. The van der Waals surface area contributed by atoms with Gasteiger partial charge in [0, 0.05) is 11.4 Å². The fourth-order valence-electron chi connectivity index (χ4n) is 1.87. The molecule has 0 saturated carbocycles. The van der Waals surface area contributed by atoms with Crippen LogP contribution in [0.25, 0.3) is 0 Å². The lowest BCUT2D eigenvalue weighted by Crippen LogP contribution is -2.29. The van der Waals surface area contributed by atoms with E-state index in [0.717, 1.165) is 29.3 Å². The highest BCUT2D eigenvalue weighted by Crippen LogP contribution is 2.29. The first-order valence-electron chi connectivity index (χ1n) is 7.38. The molecule has 1 aromatic heterocycles. The Morgan fingerprint density at radius 2 is 2.10 bits per heavy atom. The number of anilines is 1. The van der Waals surface area contributed by atoms with Crippen molar-refractivity contribution in [2.45, 2.75) is 46.0 Å². The summed E-state index contributed by atoms with van der Waals surface area (Å²) in [5.41, 5.74) is 0.550. The number of hydrogen-bond acceptors (Lipinski definition) is 4. The average Bonchev–Trinajstić information content (AvgIpc) is 2.89. The molecule has 0 amide bonds. The van der Waals surface area contributed by atoms with Crippen LogP contribution in [0, 0.1) is 0 Å². The third-order valence-electron chi connectivity index (χ3n) is 3.08. The lowest BCUT2D eigenvalue weighted by atomic mass is 10.2. The van der Waals surface area contributed by atoms with Gasteiger partial charge in [0.15, 0.2) is 5.11 Å². The lowest BCUT2D eigenvalue weighted by Gasteiger charge is -2.10. The van der Waals surface area contributed by atoms with Crippen molar-refractivity contribution in [1.82, 2.24) is 5.32 Å². The lowest BCUT2D eigenvalue weighted by molar-refractivity contribution is 0.0602. The molecule has 6 heteroatoms. The normalized spacial score (nSPS) is 10.2. The van der Waals surface area contributed by atoms with Crippen LogP contribution in [-0.4, -0.2) is 24.7 Å². The second kappa shape index (κ2) is 9.73. The molecule has 118 valence electrons. The van der Waals surface area contributed by atoms with Gasteiger partial charge in [-0.2, -0.15) is 0 Å². The summed E-state index contributed by atoms with van der Waals surface area (Å²) < 4.78 is 4.81. The van der Waals surface area contributed by atoms with Crippen LogP contribution in [0.5, 0.6) is 0 Å². The Kier molecular flexibility index (Phi) is 8.30. The topological polar surface area (TPSA) is 50.4 Å². The van der Waals surface area contributed by atoms with Crippen molar-refractivity contribution in [3.8, 4) is 0 Å². The molecule has 0 aliphatic rings. The van der Waals surface area contributed by atoms with E-state index in [2.05, 4.69) is 24.5 Å². The van der Waals surface area contributed by atoms with E-state index in [-0.39, 0.29) is 5.97 Å². The summed E-state index contributed by atoms with van der Waals surface area (Å²) in [6, 6.07) is 1.86. The molecule has 21 heavy (non-hydrogen) atoms. The molecule has 0 radical (unpaired) electrons. The Morgan fingerprint density at radius 1 is 1.33 bits per heavy atom. The van der Waals surface area contributed by atoms with Gasteiger partial charge >= 0.3 is 5.97 Å². The first kappa shape index (κ1) is 17.9. The summed E-state index contributed by atoms with van der Waals surface area (Å²) >= 11 is 6.81. The van der Waals surface area contributed by atoms with Gasteiger partial charge in [0.25, 0.3) is 0 Å². The van der Waals surface area contributed by atoms with Gasteiger partial charge < -0.3 is 15.4 Å². The summed E-state index contributed by atoms with van der Waals surface area (Å²) in [5, 5.41) is 7.60. The van der Waals surface area contributed by atoms with Crippen LogP contribution < -0.4 is 10.6 Å². The fourth-order valence-corrected chi connectivity index (χ4v) is 3.13. The van der Waals surface area contributed by atoms with Gasteiger partial charge in [0.05, 0.1) is 12.7 Å². The Morgan fingerprint density at radius 3 is 2.71 bits per heavy atom. The van der Waals surface area contributed by atoms with Crippen LogP contribution >= 0.6 is 23.6 Å². The van der Waals surface area contributed by atoms with Crippen molar-refractivity contribution in [3.63, 3.8) is 0 Å². The highest BCUT2D eigenvalue weighted by Gasteiger charge is 2.16. The maximum absolute atomic E-state index is 11.8. The number of carbonyl (C=O) groups is 1. The molecule has 0 spiro atoms. The molecule has 0 unspecified atom stereocenters. The number of hydrogen-bond donors (Lipinski definition) is 2. The Hall–Kier alpha value is -1.14. The van der Waals surface area contributed by atoms with Crippen LogP contribution in [0.2, 0.25) is 0 Å². The predicted molar refractivity (Wildman–Crippen MR) is 93.4 cm³/mol. The highest BCUT2D eigenvalue weighted by molar-refractivity contribution is 7.80. The van der Waals surface area contributed by atoms with Crippen molar-refractivity contribution >= 4 is 39.6 Å². The molecular formula is C15H24N2O2S2. The number of ether oxygens (including phenoxy) is 1. The third kappa shape index (κ3) is 6.01. The van der Waals surface area contributed by atoms with Gasteiger partial charge in [-0.05, 0) is 31.1 Å². The van der Waals surface area contributed by atoms with Gasteiger partial charge in [0.2, 0.25) is 0 Å². The number of aryl methyl sites for hydroxylation is 1. The van der Waals surface area contributed by atoms with E-state index < -0.39 is 0 Å². The molecule has 0 atom stereocenters.